The molecule has 0 radical (unpaired) electrons. The van der Waals surface area contributed by atoms with Crippen molar-refractivity contribution in [3.63, 3.8) is 0 Å². The van der Waals surface area contributed by atoms with E-state index in [1.54, 1.807) is 30.2 Å². The Morgan fingerprint density at radius 3 is 2.52 bits per heavy atom. The summed E-state index contributed by atoms with van der Waals surface area (Å²) < 4.78 is 5.39. The summed E-state index contributed by atoms with van der Waals surface area (Å²) in [6.07, 6.45) is 0. The number of para-hydroxylation sites is 1. The molecule has 7 nitrogen and oxygen atoms in total. The maximum Gasteiger partial charge on any atom is 0.294 e. The normalized spacial score (nSPS) is 14.2. The van der Waals surface area contributed by atoms with Gasteiger partial charge < -0.3 is 14.5 Å². The minimum absolute atomic E-state index is 0.0253. The Labute approximate surface area is 162 Å². The summed E-state index contributed by atoms with van der Waals surface area (Å²) >= 11 is 5.89. The molecule has 142 valence electrons. The van der Waals surface area contributed by atoms with Gasteiger partial charge in [0.05, 0.1) is 17.6 Å². The number of ether oxygens (including phenoxy) is 1. The number of methoxy groups -OCH3 is 1. The number of aryl methyl sites for hydroxylation is 1. The lowest BCUT2D eigenvalue weighted by Gasteiger charge is -2.36. The molecule has 1 heterocycles. The van der Waals surface area contributed by atoms with Crippen LogP contribution in [-0.4, -0.2) is 49.0 Å². The average Bonchev–Trinajstić information content (AvgIpc) is 2.67. The van der Waals surface area contributed by atoms with Crippen LogP contribution in [0.25, 0.3) is 0 Å². The molecule has 0 unspecified atom stereocenters. The van der Waals surface area contributed by atoms with E-state index in [0.29, 0.717) is 48.2 Å². The molecule has 0 spiro atoms. The highest BCUT2D eigenvalue weighted by molar-refractivity contribution is 6.30. The Kier molecular flexibility index (Phi) is 5.51. The lowest BCUT2D eigenvalue weighted by molar-refractivity contribution is -0.384. The second kappa shape index (κ2) is 7.84. The van der Waals surface area contributed by atoms with Crippen LogP contribution in [0.5, 0.6) is 5.75 Å². The fraction of sp³-hybridized carbons (Fsp3) is 0.316. The van der Waals surface area contributed by atoms with Crippen molar-refractivity contribution in [1.82, 2.24) is 4.90 Å². The largest absolute Gasteiger partial charge is 0.496 e. The van der Waals surface area contributed by atoms with E-state index in [2.05, 4.69) is 0 Å². The number of nitro groups is 1. The molecule has 2 aromatic carbocycles. The van der Waals surface area contributed by atoms with Gasteiger partial charge in [0.25, 0.3) is 11.6 Å². The number of hydrogen-bond donors (Lipinski definition) is 0. The van der Waals surface area contributed by atoms with Crippen molar-refractivity contribution < 1.29 is 14.5 Å². The number of piperazine rings is 1. The fourth-order valence-corrected chi connectivity index (χ4v) is 3.49. The van der Waals surface area contributed by atoms with Gasteiger partial charge in [0.15, 0.2) is 0 Å². The highest BCUT2D eigenvalue weighted by Crippen LogP contribution is 2.32. The van der Waals surface area contributed by atoms with Crippen LogP contribution >= 0.6 is 11.6 Å². The van der Waals surface area contributed by atoms with Crippen LogP contribution < -0.4 is 9.64 Å². The third-order valence-electron chi connectivity index (χ3n) is 4.69. The third-order valence-corrected chi connectivity index (χ3v) is 4.92. The monoisotopic (exact) mass is 389 g/mol. The molecule has 1 amide bonds. The van der Waals surface area contributed by atoms with E-state index in [0.717, 1.165) is 5.56 Å². The van der Waals surface area contributed by atoms with Gasteiger partial charge in [-0.3, -0.25) is 14.9 Å². The molecule has 1 saturated heterocycles. The first-order valence-corrected chi connectivity index (χ1v) is 8.92. The van der Waals surface area contributed by atoms with Gasteiger partial charge in [-0.1, -0.05) is 23.7 Å². The van der Waals surface area contributed by atoms with Crippen molar-refractivity contribution in [2.24, 2.45) is 0 Å². The predicted octanol–water partition coefficient (Wildman–Crippen LogP) is 3.53. The van der Waals surface area contributed by atoms with E-state index in [4.69, 9.17) is 16.3 Å². The SMILES string of the molecule is COc1c(C)cccc1C(=O)N1CCN(c2ccc(Cl)cc2[N+](=O)[O-])CC1. The zero-order valence-corrected chi connectivity index (χ0v) is 15.9. The number of hydrogen-bond acceptors (Lipinski definition) is 5. The first kappa shape index (κ1) is 19.0. The Bertz CT molecular complexity index is 879. The van der Waals surface area contributed by atoms with Crippen LogP contribution in [0, 0.1) is 17.0 Å². The first-order valence-electron chi connectivity index (χ1n) is 8.54. The van der Waals surface area contributed by atoms with Crippen LogP contribution in [0.2, 0.25) is 5.02 Å². The topological polar surface area (TPSA) is 75.9 Å². The van der Waals surface area contributed by atoms with E-state index in [-0.39, 0.29) is 11.6 Å². The zero-order chi connectivity index (χ0) is 19.6. The van der Waals surface area contributed by atoms with Crippen LogP contribution in [0.15, 0.2) is 36.4 Å². The number of nitrogens with zero attached hydrogens (tertiary/aromatic N) is 3. The van der Waals surface area contributed by atoms with Crippen molar-refractivity contribution in [2.45, 2.75) is 6.92 Å². The summed E-state index contributed by atoms with van der Waals surface area (Å²) in [7, 11) is 1.55. The summed E-state index contributed by atoms with van der Waals surface area (Å²) in [5.41, 5.74) is 1.93. The summed E-state index contributed by atoms with van der Waals surface area (Å²) in [4.78, 5) is 27.4. The number of nitro benzene ring substituents is 1. The molecule has 0 saturated carbocycles. The molecule has 1 aliphatic heterocycles. The number of benzene rings is 2. The van der Waals surface area contributed by atoms with Crippen molar-refractivity contribution in [1.29, 1.82) is 0 Å². The van der Waals surface area contributed by atoms with Crippen molar-refractivity contribution in [3.8, 4) is 5.75 Å². The summed E-state index contributed by atoms with van der Waals surface area (Å²) in [5, 5.41) is 11.6. The number of carbonyl (C=O) groups is 1. The second-order valence-corrected chi connectivity index (χ2v) is 6.76. The number of anilines is 1. The van der Waals surface area contributed by atoms with Crippen LogP contribution in [-0.2, 0) is 0 Å². The van der Waals surface area contributed by atoms with Gasteiger partial charge in [0.1, 0.15) is 11.4 Å². The highest BCUT2D eigenvalue weighted by Gasteiger charge is 2.27. The summed E-state index contributed by atoms with van der Waals surface area (Å²) in [6, 6.07) is 10.1. The predicted molar refractivity (Wildman–Crippen MR) is 104 cm³/mol. The highest BCUT2D eigenvalue weighted by atomic mass is 35.5. The Balaban J connectivity index is 1.76. The lowest BCUT2D eigenvalue weighted by atomic mass is 10.1. The van der Waals surface area contributed by atoms with Crippen molar-refractivity contribution >= 4 is 28.9 Å². The number of amides is 1. The molecule has 3 rings (SSSR count). The Morgan fingerprint density at radius 1 is 1.19 bits per heavy atom. The maximum atomic E-state index is 12.9. The van der Waals surface area contributed by atoms with Crippen LogP contribution in [0.3, 0.4) is 0 Å². The average molecular weight is 390 g/mol. The van der Waals surface area contributed by atoms with Crippen molar-refractivity contribution in [3.05, 3.63) is 62.7 Å². The summed E-state index contributed by atoms with van der Waals surface area (Å²) in [5.74, 6) is 0.485. The van der Waals surface area contributed by atoms with Crippen LogP contribution in [0.1, 0.15) is 15.9 Å². The van der Waals surface area contributed by atoms with E-state index in [1.807, 2.05) is 24.0 Å². The first-order chi connectivity index (χ1) is 12.9. The molecule has 8 heteroatoms. The number of halogens is 1. The van der Waals surface area contributed by atoms with E-state index in [1.165, 1.54) is 6.07 Å². The zero-order valence-electron chi connectivity index (χ0n) is 15.1. The van der Waals surface area contributed by atoms with Gasteiger partial charge in [0, 0.05) is 37.3 Å². The standard InChI is InChI=1S/C19H20ClN3O4/c1-13-4-3-5-15(18(13)27-2)19(24)22-10-8-21(9-11-22)16-7-6-14(20)12-17(16)23(25)26/h3-7,12H,8-11H2,1-2H3. The molecule has 1 aliphatic rings. The Hall–Kier alpha value is -2.80. The Morgan fingerprint density at radius 2 is 1.89 bits per heavy atom. The molecular formula is C19H20ClN3O4. The van der Waals surface area contributed by atoms with Gasteiger partial charge in [-0.2, -0.15) is 0 Å². The third kappa shape index (κ3) is 3.83. The van der Waals surface area contributed by atoms with Gasteiger partial charge in [-0.15, -0.1) is 0 Å². The molecule has 27 heavy (non-hydrogen) atoms. The molecule has 1 fully saturated rings. The molecule has 2 aromatic rings. The molecule has 0 bridgehead atoms. The van der Waals surface area contributed by atoms with Gasteiger partial charge in [-0.25, -0.2) is 0 Å². The van der Waals surface area contributed by atoms with E-state index >= 15 is 0 Å². The lowest BCUT2D eigenvalue weighted by Crippen LogP contribution is -2.49. The fourth-order valence-electron chi connectivity index (χ4n) is 3.32. The molecule has 0 aromatic heterocycles. The molecule has 0 N–H and O–H groups in total. The summed E-state index contributed by atoms with van der Waals surface area (Å²) in [6.45, 7) is 3.84. The molecule has 0 atom stereocenters. The smallest absolute Gasteiger partial charge is 0.294 e. The maximum absolute atomic E-state index is 12.9. The second-order valence-electron chi connectivity index (χ2n) is 6.33. The van der Waals surface area contributed by atoms with Gasteiger partial charge in [-0.05, 0) is 30.7 Å². The number of rotatable bonds is 4. The number of carbonyl (C=O) groups excluding carboxylic acids is 1. The molecule has 0 aliphatic carbocycles. The van der Waals surface area contributed by atoms with Gasteiger partial charge >= 0.3 is 0 Å². The van der Waals surface area contributed by atoms with E-state index < -0.39 is 4.92 Å². The van der Waals surface area contributed by atoms with Gasteiger partial charge in [0.2, 0.25) is 0 Å². The quantitative estimate of drug-likeness (QED) is 0.590. The van der Waals surface area contributed by atoms with Crippen LogP contribution in [0.4, 0.5) is 11.4 Å². The molecular weight excluding hydrogens is 370 g/mol. The minimum Gasteiger partial charge on any atom is -0.496 e. The van der Waals surface area contributed by atoms with Crippen molar-refractivity contribution in [2.75, 3.05) is 38.2 Å². The minimum atomic E-state index is -0.434. The van der Waals surface area contributed by atoms with E-state index in [9.17, 15) is 14.9 Å².